The summed E-state index contributed by atoms with van der Waals surface area (Å²) in [4.78, 5) is 14.4. The Morgan fingerprint density at radius 2 is 1.96 bits per heavy atom. The largest absolute Gasteiger partial charge is 0.382 e. The van der Waals surface area contributed by atoms with E-state index in [1.54, 1.807) is 0 Å². The number of benzene rings is 1. The number of carbonyl (C=O) groups excluding carboxylic acids is 1. The van der Waals surface area contributed by atoms with Gasteiger partial charge in [0.25, 0.3) is 0 Å². The zero-order chi connectivity index (χ0) is 16.3. The molecule has 1 aliphatic rings. The van der Waals surface area contributed by atoms with Crippen LogP contribution in [0.2, 0.25) is 0 Å². The summed E-state index contributed by atoms with van der Waals surface area (Å²) in [7, 11) is 0. The molecule has 0 unspecified atom stereocenters. The van der Waals surface area contributed by atoms with Gasteiger partial charge in [-0.05, 0) is 51.2 Å². The Bertz CT molecular complexity index is 473. The van der Waals surface area contributed by atoms with Crippen LogP contribution in [0.25, 0.3) is 0 Å². The lowest BCUT2D eigenvalue weighted by molar-refractivity contribution is 0.143. The molecule has 2 amide bonds. The van der Waals surface area contributed by atoms with Crippen LogP contribution < -0.4 is 15.5 Å². The number of unbranched alkanes of at least 4 members (excludes halogenated alkanes) is 1. The maximum absolute atomic E-state index is 12.1. The van der Waals surface area contributed by atoms with E-state index >= 15 is 0 Å². The van der Waals surface area contributed by atoms with Crippen molar-refractivity contribution in [1.29, 1.82) is 0 Å². The highest BCUT2D eigenvalue weighted by atomic mass is 16.5. The van der Waals surface area contributed by atoms with E-state index in [4.69, 9.17) is 4.74 Å². The molecule has 0 aliphatic carbocycles. The Kier molecular flexibility index (Phi) is 7.73. The van der Waals surface area contributed by atoms with Crippen molar-refractivity contribution >= 4 is 17.4 Å². The lowest BCUT2D eigenvalue weighted by Gasteiger charge is -2.30. The minimum Gasteiger partial charge on any atom is -0.382 e. The van der Waals surface area contributed by atoms with Crippen LogP contribution in [0.5, 0.6) is 0 Å². The molecule has 1 aromatic carbocycles. The second kappa shape index (κ2) is 10.1. The molecule has 1 fully saturated rings. The second-order valence-corrected chi connectivity index (χ2v) is 5.85. The number of ether oxygens (including phenoxy) is 1. The Labute approximate surface area is 139 Å². The van der Waals surface area contributed by atoms with E-state index in [1.807, 2.05) is 25.1 Å². The average molecular weight is 319 g/mol. The molecule has 2 rings (SSSR count). The third kappa shape index (κ3) is 6.10. The minimum atomic E-state index is -0.133. The smallest absolute Gasteiger partial charge is 0.319 e. The van der Waals surface area contributed by atoms with Gasteiger partial charge in [-0.1, -0.05) is 12.1 Å². The number of urea groups is 1. The van der Waals surface area contributed by atoms with Gasteiger partial charge >= 0.3 is 6.03 Å². The van der Waals surface area contributed by atoms with Crippen LogP contribution >= 0.6 is 0 Å². The van der Waals surface area contributed by atoms with Crippen LogP contribution in [-0.4, -0.2) is 38.9 Å². The molecular formula is C18H29N3O2. The van der Waals surface area contributed by atoms with Crippen LogP contribution in [0.15, 0.2) is 24.3 Å². The highest BCUT2D eigenvalue weighted by Crippen LogP contribution is 2.28. The molecule has 0 aromatic heterocycles. The van der Waals surface area contributed by atoms with E-state index in [1.165, 1.54) is 19.3 Å². The van der Waals surface area contributed by atoms with E-state index in [0.717, 1.165) is 50.5 Å². The molecule has 1 saturated heterocycles. The van der Waals surface area contributed by atoms with Crippen molar-refractivity contribution < 1.29 is 9.53 Å². The summed E-state index contributed by atoms with van der Waals surface area (Å²) in [5, 5.41) is 5.90. The zero-order valence-corrected chi connectivity index (χ0v) is 14.1. The normalized spacial score (nSPS) is 14.6. The van der Waals surface area contributed by atoms with Crippen molar-refractivity contribution in [3.05, 3.63) is 24.3 Å². The third-order valence-electron chi connectivity index (χ3n) is 4.05. The molecule has 0 bridgehead atoms. The number of amides is 2. The summed E-state index contributed by atoms with van der Waals surface area (Å²) in [6.07, 6.45) is 5.65. The third-order valence-corrected chi connectivity index (χ3v) is 4.05. The molecule has 2 N–H and O–H groups in total. The van der Waals surface area contributed by atoms with Gasteiger partial charge in [-0.15, -0.1) is 0 Å². The van der Waals surface area contributed by atoms with Crippen LogP contribution in [0.1, 0.15) is 39.0 Å². The summed E-state index contributed by atoms with van der Waals surface area (Å²) in [5.74, 6) is 0. The van der Waals surface area contributed by atoms with E-state index in [2.05, 4.69) is 21.6 Å². The quantitative estimate of drug-likeness (QED) is 0.720. The fraction of sp³-hybridized carbons (Fsp3) is 0.611. The van der Waals surface area contributed by atoms with Crippen LogP contribution in [0, 0.1) is 0 Å². The van der Waals surface area contributed by atoms with Gasteiger partial charge in [-0.3, -0.25) is 0 Å². The molecule has 1 aromatic rings. The minimum absolute atomic E-state index is 0.133. The van der Waals surface area contributed by atoms with Crippen molar-refractivity contribution in [3.63, 3.8) is 0 Å². The van der Waals surface area contributed by atoms with Crippen LogP contribution in [-0.2, 0) is 4.74 Å². The number of nitrogens with zero attached hydrogens (tertiary/aromatic N) is 1. The molecular weight excluding hydrogens is 290 g/mol. The van der Waals surface area contributed by atoms with Crippen molar-refractivity contribution in [3.8, 4) is 0 Å². The molecule has 0 spiro atoms. The van der Waals surface area contributed by atoms with Crippen molar-refractivity contribution in [2.75, 3.05) is 43.1 Å². The van der Waals surface area contributed by atoms with Gasteiger partial charge in [0.15, 0.2) is 0 Å². The lowest BCUT2D eigenvalue weighted by atomic mass is 10.1. The molecule has 0 radical (unpaired) electrons. The standard InChI is InChI=1S/C18H29N3O2/c1-2-23-15-9-6-12-19-18(22)20-16-10-4-5-11-17(16)21-13-7-3-8-14-21/h4-5,10-11H,2-3,6-9,12-15H2,1H3,(H2,19,20,22). The predicted molar refractivity (Wildman–Crippen MR) is 95.3 cm³/mol. The monoisotopic (exact) mass is 319 g/mol. The predicted octanol–water partition coefficient (Wildman–Crippen LogP) is 3.62. The molecule has 1 heterocycles. The van der Waals surface area contributed by atoms with E-state index < -0.39 is 0 Å². The summed E-state index contributed by atoms with van der Waals surface area (Å²) >= 11 is 0. The molecule has 5 nitrogen and oxygen atoms in total. The first-order valence-corrected chi connectivity index (χ1v) is 8.78. The highest BCUT2D eigenvalue weighted by Gasteiger charge is 2.15. The molecule has 23 heavy (non-hydrogen) atoms. The van der Waals surface area contributed by atoms with Gasteiger partial charge in [0.2, 0.25) is 0 Å². The number of nitrogens with one attached hydrogen (secondary N) is 2. The number of para-hydroxylation sites is 2. The fourth-order valence-corrected chi connectivity index (χ4v) is 2.83. The average Bonchev–Trinajstić information content (AvgIpc) is 2.59. The SMILES string of the molecule is CCOCCCCNC(=O)Nc1ccccc1N1CCCCC1. The Balaban J connectivity index is 1.79. The van der Waals surface area contributed by atoms with Gasteiger partial charge in [0, 0.05) is 32.8 Å². The maximum atomic E-state index is 12.1. The van der Waals surface area contributed by atoms with Gasteiger partial charge in [-0.25, -0.2) is 4.79 Å². The summed E-state index contributed by atoms with van der Waals surface area (Å²) in [6.45, 7) is 6.31. The van der Waals surface area contributed by atoms with E-state index in [-0.39, 0.29) is 6.03 Å². The summed E-state index contributed by atoms with van der Waals surface area (Å²) in [6, 6.07) is 7.92. The highest BCUT2D eigenvalue weighted by molar-refractivity contribution is 5.93. The van der Waals surface area contributed by atoms with Gasteiger partial charge in [0.05, 0.1) is 11.4 Å². The number of hydrogen-bond donors (Lipinski definition) is 2. The Morgan fingerprint density at radius 3 is 2.74 bits per heavy atom. The zero-order valence-electron chi connectivity index (χ0n) is 14.1. The number of rotatable bonds is 8. The number of hydrogen-bond acceptors (Lipinski definition) is 3. The maximum Gasteiger partial charge on any atom is 0.319 e. The second-order valence-electron chi connectivity index (χ2n) is 5.85. The van der Waals surface area contributed by atoms with E-state index in [9.17, 15) is 4.79 Å². The van der Waals surface area contributed by atoms with Gasteiger partial charge < -0.3 is 20.3 Å². The van der Waals surface area contributed by atoms with Gasteiger partial charge in [0.1, 0.15) is 0 Å². The van der Waals surface area contributed by atoms with Crippen LogP contribution in [0.3, 0.4) is 0 Å². The topological polar surface area (TPSA) is 53.6 Å². The van der Waals surface area contributed by atoms with Gasteiger partial charge in [-0.2, -0.15) is 0 Å². The van der Waals surface area contributed by atoms with Crippen molar-refractivity contribution in [2.45, 2.75) is 39.0 Å². The number of anilines is 2. The first-order chi connectivity index (χ1) is 11.3. The lowest BCUT2D eigenvalue weighted by Crippen LogP contribution is -2.33. The first-order valence-electron chi connectivity index (χ1n) is 8.78. The fourth-order valence-electron chi connectivity index (χ4n) is 2.83. The Hall–Kier alpha value is -1.75. The summed E-state index contributed by atoms with van der Waals surface area (Å²) in [5.41, 5.74) is 2.01. The molecule has 1 aliphatic heterocycles. The molecule has 0 atom stereocenters. The Morgan fingerprint density at radius 1 is 1.17 bits per heavy atom. The van der Waals surface area contributed by atoms with Crippen molar-refractivity contribution in [2.24, 2.45) is 0 Å². The van der Waals surface area contributed by atoms with Crippen molar-refractivity contribution in [1.82, 2.24) is 5.32 Å². The first kappa shape index (κ1) is 17.6. The van der Waals surface area contributed by atoms with Crippen LogP contribution in [0.4, 0.5) is 16.2 Å². The number of carbonyl (C=O) groups is 1. The molecule has 128 valence electrons. The van der Waals surface area contributed by atoms with E-state index in [0.29, 0.717) is 6.54 Å². The number of piperidine rings is 1. The summed E-state index contributed by atoms with van der Waals surface area (Å²) < 4.78 is 5.29. The molecule has 0 saturated carbocycles. The molecule has 5 heteroatoms.